The Morgan fingerprint density at radius 1 is 1.57 bits per heavy atom. The topological polar surface area (TPSA) is 63.2 Å². The van der Waals surface area contributed by atoms with E-state index in [0.717, 1.165) is 0 Å². The van der Waals surface area contributed by atoms with Crippen molar-refractivity contribution < 1.29 is 9.53 Å². The number of ether oxygens (including phenoxy) is 1. The molecular weight excluding hydrogens is 182 g/mol. The molecule has 0 bridgehead atoms. The standard InChI is InChI=1S/C9H13N3O2/c1-10-5-6-12-9(13)14-8-3-2-4-11-7-8/h2-4,7,10H,5-6H2,1H3,(H,12,13). The number of rotatable bonds is 4. The van der Waals surface area contributed by atoms with Gasteiger partial charge in [-0.25, -0.2) is 4.79 Å². The van der Waals surface area contributed by atoms with E-state index in [9.17, 15) is 4.79 Å². The van der Waals surface area contributed by atoms with Gasteiger partial charge in [0.05, 0.1) is 6.20 Å². The van der Waals surface area contributed by atoms with E-state index in [-0.39, 0.29) is 0 Å². The Morgan fingerprint density at radius 3 is 3.07 bits per heavy atom. The van der Waals surface area contributed by atoms with Crippen molar-refractivity contribution in [1.29, 1.82) is 0 Å². The Bertz CT molecular complexity index is 277. The van der Waals surface area contributed by atoms with Gasteiger partial charge < -0.3 is 15.4 Å². The normalized spacial score (nSPS) is 9.50. The van der Waals surface area contributed by atoms with E-state index in [2.05, 4.69) is 15.6 Å². The van der Waals surface area contributed by atoms with Crippen molar-refractivity contribution in [3.63, 3.8) is 0 Å². The van der Waals surface area contributed by atoms with Crippen LogP contribution in [0.2, 0.25) is 0 Å². The van der Waals surface area contributed by atoms with Gasteiger partial charge in [-0.3, -0.25) is 4.98 Å². The van der Waals surface area contributed by atoms with Crippen LogP contribution in [-0.2, 0) is 0 Å². The maximum atomic E-state index is 11.1. The molecule has 0 aliphatic rings. The van der Waals surface area contributed by atoms with Crippen molar-refractivity contribution in [1.82, 2.24) is 15.6 Å². The molecule has 1 amide bonds. The lowest BCUT2D eigenvalue weighted by molar-refractivity contribution is 0.200. The second-order valence-electron chi connectivity index (χ2n) is 2.61. The highest BCUT2D eigenvalue weighted by Gasteiger charge is 2.01. The van der Waals surface area contributed by atoms with E-state index in [0.29, 0.717) is 18.8 Å². The number of aromatic nitrogens is 1. The van der Waals surface area contributed by atoms with E-state index >= 15 is 0 Å². The number of amides is 1. The Kier molecular flexibility index (Phi) is 4.43. The van der Waals surface area contributed by atoms with Crippen LogP contribution >= 0.6 is 0 Å². The van der Waals surface area contributed by atoms with Crippen LogP contribution < -0.4 is 15.4 Å². The van der Waals surface area contributed by atoms with Gasteiger partial charge in [-0.15, -0.1) is 0 Å². The molecule has 5 heteroatoms. The molecule has 76 valence electrons. The van der Waals surface area contributed by atoms with Crippen molar-refractivity contribution in [3.8, 4) is 5.75 Å². The van der Waals surface area contributed by atoms with Crippen molar-refractivity contribution >= 4 is 6.09 Å². The molecule has 0 aliphatic carbocycles. The Hall–Kier alpha value is -1.62. The molecule has 0 aromatic carbocycles. The molecule has 0 atom stereocenters. The van der Waals surface area contributed by atoms with Crippen molar-refractivity contribution in [2.75, 3.05) is 20.1 Å². The zero-order valence-electron chi connectivity index (χ0n) is 7.99. The molecule has 1 rings (SSSR count). The SMILES string of the molecule is CNCCNC(=O)Oc1cccnc1. The van der Waals surface area contributed by atoms with Crippen molar-refractivity contribution in [2.24, 2.45) is 0 Å². The molecule has 0 aliphatic heterocycles. The van der Waals surface area contributed by atoms with Crippen LogP contribution in [0.4, 0.5) is 4.79 Å². The Morgan fingerprint density at radius 2 is 2.43 bits per heavy atom. The number of hydrogen-bond donors (Lipinski definition) is 2. The van der Waals surface area contributed by atoms with E-state index < -0.39 is 6.09 Å². The fraction of sp³-hybridized carbons (Fsp3) is 0.333. The predicted molar refractivity (Wildman–Crippen MR) is 52.2 cm³/mol. The molecule has 0 radical (unpaired) electrons. The van der Waals surface area contributed by atoms with Gasteiger partial charge in [-0.05, 0) is 19.2 Å². The largest absolute Gasteiger partial charge is 0.412 e. The number of nitrogens with one attached hydrogen (secondary N) is 2. The average molecular weight is 195 g/mol. The van der Waals surface area contributed by atoms with E-state index in [4.69, 9.17) is 4.74 Å². The second kappa shape index (κ2) is 5.93. The van der Waals surface area contributed by atoms with Gasteiger partial charge in [0.1, 0.15) is 0 Å². The highest BCUT2D eigenvalue weighted by Crippen LogP contribution is 2.05. The second-order valence-corrected chi connectivity index (χ2v) is 2.61. The summed E-state index contributed by atoms with van der Waals surface area (Å²) in [5.74, 6) is 0.439. The summed E-state index contributed by atoms with van der Waals surface area (Å²) in [5.41, 5.74) is 0. The van der Waals surface area contributed by atoms with Gasteiger partial charge in [0.2, 0.25) is 0 Å². The van der Waals surface area contributed by atoms with Gasteiger partial charge in [0.15, 0.2) is 5.75 Å². The summed E-state index contributed by atoms with van der Waals surface area (Å²) in [6.45, 7) is 1.25. The van der Waals surface area contributed by atoms with Crippen LogP contribution in [0.5, 0.6) is 5.75 Å². The molecule has 2 N–H and O–H groups in total. The summed E-state index contributed by atoms with van der Waals surface area (Å²) >= 11 is 0. The van der Waals surface area contributed by atoms with Gasteiger partial charge in [-0.1, -0.05) is 0 Å². The lowest BCUT2D eigenvalue weighted by Gasteiger charge is -2.05. The summed E-state index contributed by atoms with van der Waals surface area (Å²) in [6, 6.07) is 3.38. The molecule has 0 spiro atoms. The van der Waals surface area contributed by atoms with Crippen LogP contribution in [0.3, 0.4) is 0 Å². The summed E-state index contributed by atoms with van der Waals surface area (Å²) in [4.78, 5) is 14.9. The Balaban J connectivity index is 2.27. The Labute approximate surface area is 82.5 Å². The molecule has 0 fully saturated rings. The van der Waals surface area contributed by atoms with Gasteiger partial charge in [0.25, 0.3) is 0 Å². The number of likely N-dealkylation sites (N-methyl/N-ethyl adjacent to an activating group) is 1. The molecular formula is C9H13N3O2. The smallest absolute Gasteiger partial charge is 0.409 e. The van der Waals surface area contributed by atoms with Gasteiger partial charge in [-0.2, -0.15) is 0 Å². The molecule has 5 nitrogen and oxygen atoms in total. The van der Waals surface area contributed by atoms with Crippen LogP contribution in [0, 0.1) is 0 Å². The highest BCUT2D eigenvalue weighted by molar-refractivity contribution is 5.70. The lowest BCUT2D eigenvalue weighted by Crippen LogP contribution is -2.32. The molecule has 0 unspecified atom stereocenters. The third-order valence-corrected chi connectivity index (χ3v) is 1.49. The number of carbonyl (C=O) groups excluding carboxylic acids is 1. The van der Waals surface area contributed by atoms with Gasteiger partial charge >= 0.3 is 6.09 Å². The fourth-order valence-electron chi connectivity index (χ4n) is 0.840. The summed E-state index contributed by atoms with van der Waals surface area (Å²) in [7, 11) is 1.81. The van der Waals surface area contributed by atoms with Crippen LogP contribution in [0.1, 0.15) is 0 Å². The van der Waals surface area contributed by atoms with E-state index in [1.165, 1.54) is 6.20 Å². The first-order valence-corrected chi connectivity index (χ1v) is 4.33. The van der Waals surface area contributed by atoms with E-state index in [1.807, 2.05) is 7.05 Å². The first-order valence-electron chi connectivity index (χ1n) is 4.33. The van der Waals surface area contributed by atoms with Crippen LogP contribution in [0.15, 0.2) is 24.5 Å². The third-order valence-electron chi connectivity index (χ3n) is 1.49. The first kappa shape index (κ1) is 10.5. The average Bonchev–Trinajstić information content (AvgIpc) is 2.20. The minimum Gasteiger partial charge on any atom is -0.409 e. The van der Waals surface area contributed by atoms with E-state index in [1.54, 1.807) is 18.3 Å². The van der Waals surface area contributed by atoms with Crippen molar-refractivity contribution in [3.05, 3.63) is 24.5 Å². The van der Waals surface area contributed by atoms with Crippen LogP contribution in [0.25, 0.3) is 0 Å². The lowest BCUT2D eigenvalue weighted by atomic mass is 10.5. The molecule has 1 aromatic heterocycles. The molecule has 14 heavy (non-hydrogen) atoms. The molecule has 1 aromatic rings. The maximum absolute atomic E-state index is 11.1. The zero-order valence-corrected chi connectivity index (χ0v) is 7.99. The molecule has 0 saturated carbocycles. The van der Waals surface area contributed by atoms with Crippen LogP contribution in [-0.4, -0.2) is 31.2 Å². The van der Waals surface area contributed by atoms with Crippen molar-refractivity contribution in [2.45, 2.75) is 0 Å². The number of hydrogen-bond acceptors (Lipinski definition) is 4. The number of pyridine rings is 1. The van der Waals surface area contributed by atoms with Gasteiger partial charge in [0, 0.05) is 19.3 Å². The summed E-state index contributed by atoms with van der Waals surface area (Å²) < 4.78 is 4.92. The maximum Gasteiger partial charge on any atom is 0.412 e. The third kappa shape index (κ3) is 3.86. The quantitative estimate of drug-likeness (QED) is 0.682. The monoisotopic (exact) mass is 195 g/mol. The summed E-state index contributed by atoms with van der Waals surface area (Å²) in [5, 5.41) is 5.48. The number of carbonyl (C=O) groups is 1. The zero-order chi connectivity index (χ0) is 10.2. The number of nitrogens with zero attached hydrogens (tertiary/aromatic N) is 1. The molecule has 0 saturated heterocycles. The fourth-order valence-corrected chi connectivity index (χ4v) is 0.840. The predicted octanol–water partition coefficient (Wildman–Crippen LogP) is 0.389. The summed E-state index contributed by atoms with van der Waals surface area (Å²) in [6.07, 6.45) is 2.64. The minimum absolute atomic E-state index is 0.439. The molecule has 1 heterocycles. The first-order chi connectivity index (χ1) is 6.83. The highest BCUT2D eigenvalue weighted by atomic mass is 16.6. The minimum atomic E-state index is -0.465.